The summed E-state index contributed by atoms with van der Waals surface area (Å²) >= 11 is 1.64. The lowest BCUT2D eigenvalue weighted by Gasteiger charge is -2.08. The number of hydrogen-bond donors (Lipinski definition) is 0. The standard InChI is InChI=1S/C16H15N2OS/c1-10(2)13-9-20-16(18-13)15-11-6-4-5-7-12(11)17-8-14(15)19-3/h4-7,9-10H,1-3H3. The van der Waals surface area contributed by atoms with Crippen LogP contribution in [0.3, 0.4) is 0 Å². The van der Waals surface area contributed by atoms with Crippen molar-refractivity contribution in [3.05, 3.63) is 41.5 Å². The van der Waals surface area contributed by atoms with Gasteiger partial charge in [-0.2, -0.15) is 0 Å². The highest BCUT2D eigenvalue weighted by molar-refractivity contribution is 7.13. The van der Waals surface area contributed by atoms with Crippen molar-refractivity contribution in [2.75, 3.05) is 7.11 Å². The third-order valence-corrected chi connectivity index (χ3v) is 4.09. The zero-order valence-electron chi connectivity index (χ0n) is 11.7. The largest absolute Gasteiger partial charge is 0.494 e. The minimum atomic E-state index is 0.420. The molecule has 0 fully saturated rings. The van der Waals surface area contributed by atoms with Crippen LogP contribution < -0.4 is 4.74 Å². The van der Waals surface area contributed by atoms with Crippen LogP contribution in [0.5, 0.6) is 5.75 Å². The van der Waals surface area contributed by atoms with Crippen LogP contribution in [0.25, 0.3) is 21.5 Å². The fourth-order valence-corrected chi connectivity index (χ4v) is 3.13. The van der Waals surface area contributed by atoms with Gasteiger partial charge in [0.2, 0.25) is 0 Å². The lowest BCUT2D eigenvalue weighted by molar-refractivity contribution is 0.414. The molecule has 2 aromatic heterocycles. The quantitative estimate of drug-likeness (QED) is 0.719. The zero-order valence-corrected chi connectivity index (χ0v) is 12.5. The molecule has 0 saturated heterocycles. The Balaban J connectivity index is 2.26. The fourth-order valence-electron chi connectivity index (χ4n) is 2.10. The van der Waals surface area contributed by atoms with Gasteiger partial charge in [-0.1, -0.05) is 32.0 Å². The number of ether oxygens (including phenoxy) is 1. The average Bonchev–Trinajstić information content (AvgIpc) is 2.95. The number of rotatable bonds is 3. The summed E-state index contributed by atoms with van der Waals surface area (Å²) in [4.78, 5) is 9.04. The molecule has 3 nitrogen and oxygen atoms in total. The number of nitrogens with zero attached hydrogens (tertiary/aromatic N) is 2. The molecular weight excluding hydrogens is 268 g/mol. The maximum atomic E-state index is 5.43. The van der Waals surface area contributed by atoms with Crippen molar-refractivity contribution in [1.29, 1.82) is 0 Å². The van der Waals surface area contributed by atoms with Crippen LogP contribution in [0.4, 0.5) is 0 Å². The summed E-state index contributed by atoms with van der Waals surface area (Å²) in [6, 6.07) is 8.00. The van der Waals surface area contributed by atoms with E-state index in [4.69, 9.17) is 9.72 Å². The van der Waals surface area contributed by atoms with E-state index in [2.05, 4.69) is 30.4 Å². The summed E-state index contributed by atoms with van der Waals surface area (Å²) in [5.74, 6) is 1.07. The van der Waals surface area contributed by atoms with Crippen molar-refractivity contribution in [2.45, 2.75) is 19.8 Å². The topological polar surface area (TPSA) is 35.0 Å². The SMILES string of the molecule is COc1[c]nc2ccccc2c1-c1nc(C(C)C)cs1. The summed E-state index contributed by atoms with van der Waals surface area (Å²) in [6.07, 6.45) is 2.96. The van der Waals surface area contributed by atoms with Crippen molar-refractivity contribution >= 4 is 22.2 Å². The van der Waals surface area contributed by atoms with E-state index >= 15 is 0 Å². The first-order valence-electron chi connectivity index (χ1n) is 6.51. The Labute approximate surface area is 122 Å². The van der Waals surface area contributed by atoms with E-state index in [1.807, 2.05) is 24.3 Å². The summed E-state index contributed by atoms with van der Waals surface area (Å²) in [7, 11) is 1.64. The number of fused-ring (bicyclic) bond motifs is 1. The Morgan fingerprint density at radius 2 is 2.05 bits per heavy atom. The van der Waals surface area contributed by atoms with Crippen LogP contribution >= 0.6 is 11.3 Å². The van der Waals surface area contributed by atoms with Crippen molar-refractivity contribution < 1.29 is 4.74 Å². The first-order chi connectivity index (χ1) is 9.70. The van der Waals surface area contributed by atoms with Crippen molar-refractivity contribution in [3.8, 4) is 16.3 Å². The predicted octanol–water partition coefficient (Wildman–Crippen LogP) is 4.29. The van der Waals surface area contributed by atoms with Gasteiger partial charge in [-0.25, -0.2) is 9.97 Å². The van der Waals surface area contributed by atoms with E-state index in [1.54, 1.807) is 18.4 Å². The summed E-state index contributed by atoms with van der Waals surface area (Å²) in [5.41, 5.74) is 2.99. The normalized spacial score (nSPS) is 11.2. The van der Waals surface area contributed by atoms with Gasteiger partial charge in [0.05, 0.1) is 23.9 Å². The molecule has 3 aromatic rings. The maximum Gasteiger partial charge on any atom is 0.157 e. The highest BCUT2D eigenvalue weighted by Gasteiger charge is 2.16. The molecule has 101 valence electrons. The molecule has 0 amide bonds. The second-order valence-electron chi connectivity index (χ2n) is 4.88. The molecule has 1 radical (unpaired) electrons. The smallest absolute Gasteiger partial charge is 0.157 e. The van der Waals surface area contributed by atoms with Gasteiger partial charge in [-0.3, -0.25) is 0 Å². The van der Waals surface area contributed by atoms with Gasteiger partial charge in [-0.05, 0) is 12.0 Å². The van der Waals surface area contributed by atoms with E-state index in [9.17, 15) is 0 Å². The van der Waals surface area contributed by atoms with Gasteiger partial charge in [0.15, 0.2) is 5.75 Å². The molecule has 0 unspecified atom stereocenters. The average molecular weight is 283 g/mol. The minimum absolute atomic E-state index is 0.420. The summed E-state index contributed by atoms with van der Waals surface area (Å²) < 4.78 is 5.43. The number of benzene rings is 1. The molecule has 1 aromatic carbocycles. The lowest BCUT2D eigenvalue weighted by atomic mass is 10.1. The van der Waals surface area contributed by atoms with E-state index in [0.29, 0.717) is 11.7 Å². The number of thiazole rings is 1. The first kappa shape index (κ1) is 13.1. The molecule has 20 heavy (non-hydrogen) atoms. The minimum Gasteiger partial charge on any atom is -0.494 e. The number of aromatic nitrogens is 2. The van der Waals surface area contributed by atoms with Crippen LogP contribution in [0.1, 0.15) is 25.5 Å². The maximum absolute atomic E-state index is 5.43. The highest BCUT2D eigenvalue weighted by atomic mass is 32.1. The van der Waals surface area contributed by atoms with Crippen molar-refractivity contribution in [1.82, 2.24) is 9.97 Å². The monoisotopic (exact) mass is 283 g/mol. The molecule has 0 atom stereocenters. The van der Waals surface area contributed by atoms with Crippen LogP contribution in [0.2, 0.25) is 0 Å². The van der Waals surface area contributed by atoms with Gasteiger partial charge < -0.3 is 4.74 Å². The molecule has 0 aliphatic carbocycles. The Kier molecular flexibility index (Phi) is 3.40. The molecule has 0 spiro atoms. The van der Waals surface area contributed by atoms with Crippen LogP contribution in [-0.2, 0) is 0 Å². The van der Waals surface area contributed by atoms with Crippen molar-refractivity contribution in [2.24, 2.45) is 0 Å². The third kappa shape index (κ3) is 2.16. The highest BCUT2D eigenvalue weighted by Crippen LogP contribution is 2.37. The Hall–Kier alpha value is -1.94. The van der Waals surface area contributed by atoms with Gasteiger partial charge >= 0.3 is 0 Å². The molecule has 2 heterocycles. The van der Waals surface area contributed by atoms with Gasteiger partial charge in [0.25, 0.3) is 0 Å². The molecular formula is C16H15N2OS. The number of pyridine rings is 1. The van der Waals surface area contributed by atoms with Gasteiger partial charge in [-0.15, -0.1) is 11.3 Å². The Bertz CT molecular complexity index is 749. The van der Waals surface area contributed by atoms with E-state index in [1.165, 1.54) is 0 Å². The number of para-hydroxylation sites is 1. The second-order valence-corrected chi connectivity index (χ2v) is 5.74. The summed E-state index contributed by atoms with van der Waals surface area (Å²) in [5, 5.41) is 4.11. The first-order valence-corrected chi connectivity index (χ1v) is 7.39. The van der Waals surface area contributed by atoms with Gasteiger partial charge in [0, 0.05) is 10.8 Å². The van der Waals surface area contributed by atoms with Crippen LogP contribution in [0.15, 0.2) is 29.6 Å². The van der Waals surface area contributed by atoms with E-state index in [-0.39, 0.29) is 0 Å². The second kappa shape index (κ2) is 5.21. The zero-order chi connectivity index (χ0) is 14.1. The van der Waals surface area contributed by atoms with Gasteiger partial charge in [0.1, 0.15) is 11.2 Å². The number of hydrogen-bond acceptors (Lipinski definition) is 4. The molecule has 0 N–H and O–H groups in total. The molecule has 4 heteroatoms. The Morgan fingerprint density at radius 1 is 1.25 bits per heavy atom. The number of methoxy groups -OCH3 is 1. The van der Waals surface area contributed by atoms with E-state index in [0.717, 1.165) is 27.2 Å². The molecule has 3 rings (SSSR count). The lowest BCUT2D eigenvalue weighted by Crippen LogP contribution is -1.93. The van der Waals surface area contributed by atoms with Crippen molar-refractivity contribution in [3.63, 3.8) is 0 Å². The van der Waals surface area contributed by atoms with Crippen LogP contribution in [-0.4, -0.2) is 17.1 Å². The van der Waals surface area contributed by atoms with E-state index < -0.39 is 0 Å². The summed E-state index contributed by atoms with van der Waals surface area (Å²) in [6.45, 7) is 4.29. The third-order valence-electron chi connectivity index (χ3n) is 3.21. The molecule has 0 saturated carbocycles. The molecule has 0 aliphatic rings. The van der Waals surface area contributed by atoms with Crippen LogP contribution in [0, 0.1) is 6.20 Å². The Morgan fingerprint density at radius 3 is 2.75 bits per heavy atom. The molecule has 0 bridgehead atoms. The predicted molar refractivity (Wildman–Crippen MR) is 82.3 cm³/mol. The molecule has 0 aliphatic heterocycles. The fraction of sp³-hybridized carbons (Fsp3) is 0.250.